The van der Waals surface area contributed by atoms with Crippen LogP contribution < -0.4 is 9.47 Å². The van der Waals surface area contributed by atoms with Crippen LogP contribution in [0, 0.1) is 11.3 Å². The van der Waals surface area contributed by atoms with Crippen LogP contribution in [-0.2, 0) is 16.0 Å². The number of rotatable bonds is 7. The molecule has 6 heteroatoms. The third-order valence-corrected chi connectivity index (χ3v) is 5.98. The minimum absolute atomic E-state index is 0.0625. The fraction of sp³-hybridized carbons (Fsp3) is 0.600. The summed E-state index contributed by atoms with van der Waals surface area (Å²) in [5.74, 6) is 0.943. The quantitative estimate of drug-likeness (QED) is 0.808. The van der Waals surface area contributed by atoms with Crippen LogP contribution in [0.5, 0.6) is 11.5 Å². The van der Waals surface area contributed by atoms with E-state index in [1.54, 1.807) is 19.1 Å². The summed E-state index contributed by atoms with van der Waals surface area (Å²) in [7, 11) is 3.24. The number of carboxylic acids is 1. The van der Waals surface area contributed by atoms with E-state index in [-0.39, 0.29) is 11.8 Å². The van der Waals surface area contributed by atoms with Crippen molar-refractivity contribution in [3.8, 4) is 11.5 Å². The Bertz CT molecular complexity index is 689. The van der Waals surface area contributed by atoms with Crippen LogP contribution in [0.2, 0.25) is 0 Å². The maximum atomic E-state index is 12.6. The van der Waals surface area contributed by atoms with Gasteiger partial charge in [-0.1, -0.05) is 12.5 Å². The van der Waals surface area contributed by atoms with E-state index in [0.717, 1.165) is 36.3 Å². The lowest BCUT2D eigenvalue weighted by Gasteiger charge is -2.23. The average Bonchev–Trinajstić information content (AvgIpc) is 3.20. The third-order valence-electron chi connectivity index (χ3n) is 5.98. The highest BCUT2D eigenvalue weighted by atomic mass is 16.5. The Kier molecular flexibility index (Phi) is 5.39. The highest BCUT2D eigenvalue weighted by Gasteiger charge is 2.55. The minimum Gasteiger partial charge on any atom is -0.497 e. The van der Waals surface area contributed by atoms with E-state index in [1.807, 2.05) is 18.2 Å². The molecule has 1 heterocycles. The van der Waals surface area contributed by atoms with Gasteiger partial charge in [0.05, 0.1) is 19.6 Å². The van der Waals surface area contributed by atoms with Gasteiger partial charge in [0.15, 0.2) is 0 Å². The summed E-state index contributed by atoms with van der Waals surface area (Å²) < 4.78 is 10.6. The zero-order valence-electron chi connectivity index (χ0n) is 15.5. The number of aliphatic carboxylic acids is 1. The molecule has 0 aromatic heterocycles. The molecule has 0 unspecified atom stereocenters. The van der Waals surface area contributed by atoms with Gasteiger partial charge in [0.25, 0.3) is 0 Å². The first-order valence-corrected chi connectivity index (χ1v) is 9.22. The standard InChI is InChI=1S/C20H27NO5/c1-25-16-9-8-14(17(11-16)26-2)5-3-7-18(22)21-12-15-6-4-10-20(15,13-21)19(23)24/h8-9,11,15H,3-7,10,12-13H2,1-2H3,(H,23,24)/t15-,20+/m0/s1. The molecule has 26 heavy (non-hydrogen) atoms. The van der Waals surface area contributed by atoms with Crippen LogP contribution in [0.15, 0.2) is 18.2 Å². The number of carbonyl (C=O) groups excluding carboxylic acids is 1. The molecule has 142 valence electrons. The lowest BCUT2D eigenvalue weighted by Crippen LogP contribution is -2.37. The Balaban J connectivity index is 1.55. The molecule has 1 aliphatic carbocycles. The van der Waals surface area contributed by atoms with Gasteiger partial charge in [0, 0.05) is 25.6 Å². The summed E-state index contributed by atoms with van der Waals surface area (Å²) in [4.78, 5) is 26.1. The second-order valence-corrected chi connectivity index (χ2v) is 7.36. The number of carboxylic acid groups (broad SMARTS) is 1. The highest BCUT2D eigenvalue weighted by molar-refractivity contribution is 5.81. The molecule has 1 aromatic carbocycles. The maximum Gasteiger partial charge on any atom is 0.311 e. The zero-order valence-corrected chi connectivity index (χ0v) is 15.5. The summed E-state index contributed by atoms with van der Waals surface area (Å²) in [6, 6.07) is 5.69. The summed E-state index contributed by atoms with van der Waals surface area (Å²) in [6.07, 6.45) is 4.44. The first-order chi connectivity index (χ1) is 12.5. The number of nitrogens with zero attached hydrogens (tertiary/aromatic N) is 1. The molecule has 2 atom stereocenters. The van der Waals surface area contributed by atoms with Gasteiger partial charge in [-0.2, -0.15) is 0 Å². The molecule has 1 saturated heterocycles. The number of likely N-dealkylation sites (tertiary alicyclic amines) is 1. The van der Waals surface area contributed by atoms with Gasteiger partial charge < -0.3 is 19.5 Å². The monoisotopic (exact) mass is 361 g/mol. The molecular weight excluding hydrogens is 334 g/mol. The molecule has 2 fully saturated rings. The molecule has 0 spiro atoms. The van der Waals surface area contributed by atoms with Crippen molar-refractivity contribution in [2.45, 2.75) is 38.5 Å². The number of hydrogen-bond acceptors (Lipinski definition) is 4. The van der Waals surface area contributed by atoms with E-state index < -0.39 is 11.4 Å². The second kappa shape index (κ2) is 7.56. The second-order valence-electron chi connectivity index (χ2n) is 7.36. The Hall–Kier alpha value is -2.24. The molecule has 1 saturated carbocycles. The average molecular weight is 361 g/mol. The van der Waals surface area contributed by atoms with Crippen LogP contribution in [0.1, 0.15) is 37.7 Å². The van der Waals surface area contributed by atoms with E-state index in [9.17, 15) is 14.7 Å². The molecule has 1 amide bonds. The fourth-order valence-electron chi connectivity index (χ4n) is 4.48. The predicted molar refractivity (Wildman–Crippen MR) is 96.5 cm³/mol. The van der Waals surface area contributed by atoms with Crippen LogP contribution in [0.3, 0.4) is 0 Å². The number of amides is 1. The van der Waals surface area contributed by atoms with Crippen molar-refractivity contribution in [3.05, 3.63) is 23.8 Å². The number of ether oxygens (including phenoxy) is 2. The number of aryl methyl sites for hydroxylation is 1. The van der Waals surface area contributed by atoms with Crippen molar-refractivity contribution in [1.29, 1.82) is 0 Å². The van der Waals surface area contributed by atoms with Crippen molar-refractivity contribution in [1.82, 2.24) is 4.90 Å². The van der Waals surface area contributed by atoms with Gasteiger partial charge in [-0.3, -0.25) is 9.59 Å². The van der Waals surface area contributed by atoms with Crippen molar-refractivity contribution in [2.75, 3.05) is 27.3 Å². The molecule has 2 aliphatic rings. The number of carbonyl (C=O) groups is 2. The normalized spacial score (nSPS) is 24.4. The third kappa shape index (κ3) is 3.37. The van der Waals surface area contributed by atoms with Gasteiger partial charge in [-0.05, 0) is 43.2 Å². The smallest absolute Gasteiger partial charge is 0.311 e. The van der Waals surface area contributed by atoms with Gasteiger partial charge in [-0.25, -0.2) is 0 Å². The predicted octanol–water partition coefficient (Wildman–Crippen LogP) is 2.74. The summed E-state index contributed by atoms with van der Waals surface area (Å²) in [6.45, 7) is 0.967. The Morgan fingerprint density at radius 2 is 2.12 bits per heavy atom. The first-order valence-electron chi connectivity index (χ1n) is 9.22. The Morgan fingerprint density at radius 1 is 1.31 bits per heavy atom. The summed E-state index contributed by atoms with van der Waals surface area (Å²) >= 11 is 0. The van der Waals surface area contributed by atoms with E-state index >= 15 is 0 Å². The van der Waals surface area contributed by atoms with Crippen LogP contribution in [0.25, 0.3) is 0 Å². The SMILES string of the molecule is COc1ccc(CCCC(=O)N2C[C@@H]3CCC[C@@]3(C(=O)O)C2)c(OC)c1. The lowest BCUT2D eigenvalue weighted by molar-refractivity contribution is -0.149. The van der Waals surface area contributed by atoms with E-state index in [1.165, 1.54) is 0 Å². The largest absolute Gasteiger partial charge is 0.497 e. The number of benzene rings is 1. The van der Waals surface area contributed by atoms with Gasteiger partial charge >= 0.3 is 5.97 Å². The number of fused-ring (bicyclic) bond motifs is 1. The molecule has 1 aliphatic heterocycles. The molecular formula is C20H27NO5. The number of hydrogen-bond donors (Lipinski definition) is 1. The van der Waals surface area contributed by atoms with Gasteiger partial charge in [0.1, 0.15) is 11.5 Å². The summed E-state index contributed by atoms with van der Waals surface area (Å²) in [5.41, 5.74) is 0.343. The molecule has 1 N–H and O–H groups in total. The van der Waals surface area contributed by atoms with E-state index in [0.29, 0.717) is 32.4 Å². The van der Waals surface area contributed by atoms with Crippen molar-refractivity contribution in [3.63, 3.8) is 0 Å². The molecule has 1 aromatic rings. The van der Waals surface area contributed by atoms with Crippen molar-refractivity contribution in [2.24, 2.45) is 11.3 Å². The van der Waals surface area contributed by atoms with E-state index in [4.69, 9.17) is 9.47 Å². The van der Waals surface area contributed by atoms with Gasteiger partial charge in [-0.15, -0.1) is 0 Å². The lowest BCUT2D eigenvalue weighted by atomic mass is 9.81. The maximum absolute atomic E-state index is 12.6. The Morgan fingerprint density at radius 3 is 2.77 bits per heavy atom. The van der Waals surface area contributed by atoms with Gasteiger partial charge in [0.2, 0.25) is 5.91 Å². The highest BCUT2D eigenvalue weighted by Crippen LogP contribution is 2.49. The summed E-state index contributed by atoms with van der Waals surface area (Å²) in [5, 5.41) is 9.64. The minimum atomic E-state index is -0.738. The van der Waals surface area contributed by atoms with E-state index in [2.05, 4.69) is 0 Å². The molecule has 6 nitrogen and oxygen atoms in total. The number of methoxy groups -OCH3 is 2. The molecule has 0 bridgehead atoms. The zero-order chi connectivity index (χ0) is 18.7. The fourth-order valence-corrected chi connectivity index (χ4v) is 4.48. The van der Waals surface area contributed by atoms with Crippen LogP contribution in [-0.4, -0.2) is 49.2 Å². The van der Waals surface area contributed by atoms with Crippen molar-refractivity contribution < 1.29 is 24.2 Å². The Labute approximate surface area is 154 Å². The van der Waals surface area contributed by atoms with Crippen molar-refractivity contribution >= 4 is 11.9 Å². The first kappa shape index (κ1) is 18.5. The molecule has 3 rings (SSSR count). The topological polar surface area (TPSA) is 76.1 Å². The van der Waals surface area contributed by atoms with Crippen LogP contribution >= 0.6 is 0 Å². The molecule has 0 radical (unpaired) electrons. The van der Waals surface area contributed by atoms with Crippen LogP contribution in [0.4, 0.5) is 0 Å².